The zero-order valence-corrected chi connectivity index (χ0v) is 16.5. The molecule has 0 unspecified atom stereocenters. The van der Waals surface area contributed by atoms with Gasteiger partial charge in [0.1, 0.15) is 5.75 Å². The highest BCUT2D eigenvalue weighted by Crippen LogP contribution is 2.56. The van der Waals surface area contributed by atoms with Crippen LogP contribution in [0.3, 0.4) is 0 Å². The molecule has 2 aromatic carbocycles. The number of rotatable bonds is 4. The highest BCUT2D eigenvalue weighted by Gasteiger charge is 2.61. The summed E-state index contributed by atoms with van der Waals surface area (Å²) in [7, 11) is 0. The lowest BCUT2D eigenvalue weighted by atomic mass is 9.81. The Labute approximate surface area is 173 Å². The second-order valence-electron chi connectivity index (χ2n) is 8.39. The van der Waals surface area contributed by atoms with E-state index in [1.54, 1.807) is 36.4 Å². The third kappa shape index (κ3) is 2.78. The average molecular weight is 403 g/mol. The molecule has 0 radical (unpaired) electrons. The Morgan fingerprint density at radius 3 is 2.10 bits per heavy atom. The monoisotopic (exact) mass is 403 g/mol. The number of anilines is 1. The molecule has 0 aromatic heterocycles. The summed E-state index contributed by atoms with van der Waals surface area (Å²) in [5.74, 6) is -0.510. The molecule has 2 aromatic rings. The van der Waals surface area contributed by atoms with Gasteiger partial charge < -0.3 is 4.74 Å². The van der Waals surface area contributed by atoms with Gasteiger partial charge >= 0.3 is 5.97 Å². The number of ketones is 1. The largest absolute Gasteiger partial charge is 0.422 e. The van der Waals surface area contributed by atoms with Crippen LogP contribution in [-0.2, 0) is 9.59 Å². The normalized spacial score (nSPS) is 26.8. The quantitative estimate of drug-likeness (QED) is 0.337. The number of fused-ring (bicyclic) bond motifs is 5. The summed E-state index contributed by atoms with van der Waals surface area (Å²) in [6, 6.07) is 12.8. The second-order valence-corrected chi connectivity index (χ2v) is 8.39. The first-order valence-electron chi connectivity index (χ1n) is 10.3. The number of carbonyl (C=O) groups excluding carboxylic acids is 4. The number of nitrogens with zero attached hydrogens (tertiary/aromatic N) is 1. The van der Waals surface area contributed by atoms with Gasteiger partial charge in [-0.3, -0.25) is 19.3 Å². The third-order valence-corrected chi connectivity index (χ3v) is 6.76. The molecule has 1 saturated heterocycles. The minimum absolute atomic E-state index is 0.108. The number of ether oxygens (including phenoxy) is 1. The van der Waals surface area contributed by atoms with Gasteiger partial charge in [-0.1, -0.05) is 12.1 Å². The molecular weight excluding hydrogens is 382 g/mol. The van der Waals surface area contributed by atoms with Crippen molar-refractivity contribution >= 4 is 29.3 Å². The molecule has 0 N–H and O–H groups in total. The molecule has 3 fully saturated rings. The molecule has 2 bridgehead atoms. The Balaban J connectivity index is 1.35. The molecule has 2 amide bonds. The van der Waals surface area contributed by atoms with Crippen LogP contribution in [0.15, 0.2) is 48.5 Å². The predicted molar refractivity (Wildman–Crippen MR) is 108 cm³/mol. The van der Waals surface area contributed by atoms with Crippen LogP contribution in [0.5, 0.6) is 5.75 Å². The maximum Gasteiger partial charge on any atom is 0.343 e. The van der Waals surface area contributed by atoms with E-state index in [1.807, 2.05) is 0 Å². The van der Waals surface area contributed by atoms with Crippen LogP contribution < -0.4 is 9.64 Å². The standard InChI is InChI=1S/C24H21NO5/c1-13(26)18-4-2-3-5-19(18)30-24(29)14-8-10-17(11-9-14)25-22(27)20-15-6-7-16(12-15)21(20)23(25)28/h2-5,8-11,15-16,20-21H,6-7,12H2,1H3/t15-,16+,20+,21-. The number of para-hydroxylation sites is 1. The molecule has 1 heterocycles. The molecular formula is C24H21NO5. The van der Waals surface area contributed by atoms with E-state index in [0.29, 0.717) is 23.1 Å². The summed E-state index contributed by atoms with van der Waals surface area (Å²) < 4.78 is 5.39. The fourth-order valence-corrected chi connectivity index (χ4v) is 5.42. The van der Waals surface area contributed by atoms with E-state index >= 15 is 0 Å². The Kier molecular flexibility index (Phi) is 4.31. The highest BCUT2D eigenvalue weighted by molar-refractivity contribution is 6.22. The average Bonchev–Trinajstić information content (AvgIpc) is 3.42. The van der Waals surface area contributed by atoms with Crippen LogP contribution in [0.4, 0.5) is 5.69 Å². The summed E-state index contributed by atoms with van der Waals surface area (Å²) in [4.78, 5) is 51.4. The van der Waals surface area contributed by atoms with Crippen molar-refractivity contribution in [3.63, 3.8) is 0 Å². The second kappa shape index (κ2) is 6.90. The molecule has 6 nitrogen and oxygen atoms in total. The number of hydrogen-bond donors (Lipinski definition) is 0. The van der Waals surface area contributed by atoms with E-state index in [2.05, 4.69) is 0 Å². The van der Waals surface area contributed by atoms with Crippen molar-refractivity contribution in [1.82, 2.24) is 0 Å². The first kappa shape index (κ1) is 18.7. The summed E-state index contributed by atoms with van der Waals surface area (Å²) >= 11 is 0. The van der Waals surface area contributed by atoms with Crippen molar-refractivity contribution in [2.45, 2.75) is 26.2 Å². The first-order chi connectivity index (χ1) is 14.5. The van der Waals surface area contributed by atoms with Crippen molar-refractivity contribution in [2.75, 3.05) is 4.90 Å². The van der Waals surface area contributed by atoms with Crippen LogP contribution in [0.25, 0.3) is 0 Å². The SMILES string of the molecule is CC(=O)c1ccccc1OC(=O)c1ccc(N2C(=O)[C@@H]3[C@H]4CC[C@H](C4)[C@@H]3C2=O)cc1. The van der Waals surface area contributed by atoms with Gasteiger partial charge in [-0.2, -0.15) is 0 Å². The number of benzene rings is 2. The van der Waals surface area contributed by atoms with Crippen molar-refractivity contribution in [2.24, 2.45) is 23.7 Å². The summed E-state index contributed by atoms with van der Waals surface area (Å²) in [5.41, 5.74) is 1.09. The molecule has 0 spiro atoms. The summed E-state index contributed by atoms with van der Waals surface area (Å²) in [6.45, 7) is 1.41. The van der Waals surface area contributed by atoms with Gasteiger partial charge in [0.2, 0.25) is 11.8 Å². The molecule has 2 aliphatic carbocycles. The molecule has 5 rings (SSSR count). The molecule has 2 saturated carbocycles. The number of hydrogen-bond acceptors (Lipinski definition) is 5. The summed E-state index contributed by atoms with van der Waals surface area (Å²) in [5, 5.41) is 0. The zero-order chi connectivity index (χ0) is 21.0. The van der Waals surface area contributed by atoms with Gasteiger partial charge in [0.15, 0.2) is 5.78 Å². The van der Waals surface area contributed by atoms with Crippen LogP contribution in [0.2, 0.25) is 0 Å². The van der Waals surface area contributed by atoms with Crippen molar-refractivity contribution < 1.29 is 23.9 Å². The van der Waals surface area contributed by atoms with Crippen molar-refractivity contribution in [3.8, 4) is 5.75 Å². The topological polar surface area (TPSA) is 80.8 Å². The lowest BCUT2D eigenvalue weighted by molar-refractivity contribution is -0.123. The fourth-order valence-electron chi connectivity index (χ4n) is 5.42. The van der Waals surface area contributed by atoms with Gasteiger partial charge in [0.25, 0.3) is 0 Å². The molecule has 3 aliphatic rings. The van der Waals surface area contributed by atoms with E-state index in [0.717, 1.165) is 19.3 Å². The molecule has 30 heavy (non-hydrogen) atoms. The first-order valence-corrected chi connectivity index (χ1v) is 10.3. The predicted octanol–water partition coefficient (Wildman–Crippen LogP) is 3.64. The van der Waals surface area contributed by atoms with Crippen LogP contribution in [0, 0.1) is 23.7 Å². The number of esters is 1. The van der Waals surface area contributed by atoms with Gasteiger partial charge in [-0.25, -0.2) is 4.79 Å². The van der Waals surface area contributed by atoms with Gasteiger partial charge in [0, 0.05) is 0 Å². The van der Waals surface area contributed by atoms with E-state index in [1.165, 1.54) is 24.0 Å². The van der Waals surface area contributed by atoms with Crippen LogP contribution in [-0.4, -0.2) is 23.6 Å². The van der Waals surface area contributed by atoms with Crippen molar-refractivity contribution in [3.05, 3.63) is 59.7 Å². The van der Waals surface area contributed by atoms with E-state index in [-0.39, 0.29) is 40.7 Å². The minimum Gasteiger partial charge on any atom is -0.422 e. The van der Waals surface area contributed by atoms with E-state index in [4.69, 9.17) is 4.74 Å². The Bertz CT molecular complexity index is 1050. The maximum atomic E-state index is 12.9. The number of carbonyl (C=O) groups is 4. The lowest BCUT2D eigenvalue weighted by Gasteiger charge is -2.19. The Hall–Kier alpha value is -3.28. The lowest BCUT2D eigenvalue weighted by Crippen LogP contribution is -2.32. The van der Waals surface area contributed by atoms with Crippen LogP contribution in [0.1, 0.15) is 46.9 Å². The molecule has 6 heteroatoms. The zero-order valence-electron chi connectivity index (χ0n) is 16.5. The molecule has 4 atom stereocenters. The Morgan fingerprint density at radius 2 is 1.50 bits per heavy atom. The molecule has 1 aliphatic heterocycles. The van der Waals surface area contributed by atoms with Gasteiger partial charge in [-0.15, -0.1) is 0 Å². The minimum atomic E-state index is -0.607. The fraction of sp³-hybridized carbons (Fsp3) is 0.333. The highest BCUT2D eigenvalue weighted by atomic mass is 16.5. The van der Waals surface area contributed by atoms with Gasteiger partial charge in [0.05, 0.1) is 28.7 Å². The van der Waals surface area contributed by atoms with E-state index < -0.39 is 5.97 Å². The van der Waals surface area contributed by atoms with Crippen molar-refractivity contribution in [1.29, 1.82) is 0 Å². The summed E-state index contributed by atoms with van der Waals surface area (Å²) in [6.07, 6.45) is 3.06. The number of Topliss-reactive ketones (excluding diaryl/α,β-unsaturated/α-hetero) is 1. The number of imide groups is 1. The number of amides is 2. The van der Waals surface area contributed by atoms with Gasteiger partial charge in [-0.05, 0) is 74.4 Å². The molecule has 152 valence electrons. The smallest absolute Gasteiger partial charge is 0.343 e. The van der Waals surface area contributed by atoms with Crippen LogP contribution >= 0.6 is 0 Å². The maximum absolute atomic E-state index is 12.9. The Morgan fingerprint density at radius 1 is 0.900 bits per heavy atom. The van der Waals surface area contributed by atoms with E-state index in [9.17, 15) is 19.2 Å². The third-order valence-electron chi connectivity index (χ3n) is 6.76.